The maximum atomic E-state index is 12.0. The van der Waals surface area contributed by atoms with Gasteiger partial charge in [-0.25, -0.2) is 0 Å². The molecule has 4 aromatic rings. The predicted molar refractivity (Wildman–Crippen MR) is 262 cm³/mol. The molecule has 0 unspecified atom stereocenters. The van der Waals surface area contributed by atoms with Gasteiger partial charge in [0.1, 0.15) is 66.1 Å². The molecule has 0 spiro atoms. The molecular formula is C52H68Cl4O8. The third kappa shape index (κ3) is 11.0. The number of rotatable bonds is 20. The van der Waals surface area contributed by atoms with Crippen LogP contribution in [-0.2, 0) is 0 Å². The summed E-state index contributed by atoms with van der Waals surface area (Å²) in [5, 5.41) is 94.6. The Balaban J connectivity index is 2.00. The first-order valence-corrected chi connectivity index (χ1v) is 25.1. The molecule has 8 bridgehead atoms. The zero-order valence-electron chi connectivity index (χ0n) is 37.9. The molecule has 0 saturated heterocycles. The van der Waals surface area contributed by atoms with Crippen LogP contribution >= 0.6 is 46.4 Å². The van der Waals surface area contributed by atoms with Gasteiger partial charge in [0.05, 0.1) is 0 Å². The van der Waals surface area contributed by atoms with Crippen molar-refractivity contribution < 1.29 is 40.9 Å². The largest absolute Gasteiger partial charge is 0.506 e. The lowest BCUT2D eigenvalue weighted by Crippen LogP contribution is -2.12. The van der Waals surface area contributed by atoms with Gasteiger partial charge in [-0.3, -0.25) is 0 Å². The van der Waals surface area contributed by atoms with Crippen LogP contribution in [-0.4, -0.2) is 40.9 Å². The Hall–Kier alpha value is -3.56. The van der Waals surface area contributed by atoms with Crippen molar-refractivity contribution in [2.24, 2.45) is 0 Å². The number of fused-ring (bicyclic) bond motifs is 8. The number of hydrogen-bond donors (Lipinski definition) is 8. The average molecular weight is 963 g/mol. The van der Waals surface area contributed by atoms with Gasteiger partial charge in [0, 0.05) is 68.2 Å². The first kappa shape index (κ1) is 51.4. The molecule has 5 rings (SSSR count). The smallest absolute Gasteiger partial charge is 0.141 e. The van der Waals surface area contributed by atoms with Crippen molar-refractivity contribution >= 4 is 46.4 Å². The first-order chi connectivity index (χ1) is 30.7. The second kappa shape index (κ2) is 23.8. The van der Waals surface area contributed by atoms with Crippen molar-refractivity contribution in [3.8, 4) is 46.0 Å². The maximum absolute atomic E-state index is 12.0. The lowest BCUT2D eigenvalue weighted by Gasteiger charge is -2.30. The lowest BCUT2D eigenvalue weighted by molar-refractivity contribution is 0.419. The van der Waals surface area contributed by atoms with Gasteiger partial charge in [0.25, 0.3) is 0 Å². The predicted octanol–water partition coefficient (Wildman–Crippen LogP) is 16.7. The minimum Gasteiger partial charge on any atom is -0.506 e. The van der Waals surface area contributed by atoms with Crippen LogP contribution in [0.5, 0.6) is 46.0 Å². The monoisotopic (exact) mass is 960 g/mol. The molecule has 352 valence electrons. The number of benzene rings is 4. The molecule has 0 amide bonds. The summed E-state index contributed by atoms with van der Waals surface area (Å²) < 4.78 is 0. The summed E-state index contributed by atoms with van der Waals surface area (Å²) in [4.78, 5) is 0. The second-order valence-corrected chi connectivity index (χ2v) is 19.4. The van der Waals surface area contributed by atoms with E-state index >= 15 is 0 Å². The minimum atomic E-state index is -0.771. The molecule has 4 aromatic carbocycles. The van der Waals surface area contributed by atoms with Crippen LogP contribution in [0.4, 0.5) is 0 Å². The van der Waals surface area contributed by atoms with Gasteiger partial charge in [-0.1, -0.05) is 177 Å². The van der Waals surface area contributed by atoms with Crippen LogP contribution in [0.15, 0.2) is 24.3 Å². The summed E-state index contributed by atoms with van der Waals surface area (Å²) in [6.45, 7) is 8.41. The van der Waals surface area contributed by atoms with Crippen molar-refractivity contribution in [2.75, 3.05) is 0 Å². The highest BCUT2D eigenvalue weighted by atomic mass is 35.5. The van der Waals surface area contributed by atoms with E-state index in [4.69, 9.17) is 46.4 Å². The summed E-state index contributed by atoms with van der Waals surface area (Å²) in [6.07, 6.45) is 15.3. The molecule has 12 heteroatoms. The molecule has 0 fully saturated rings. The zero-order chi connectivity index (χ0) is 46.8. The van der Waals surface area contributed by atoms with Gasteiger partial charge < -0.3 is 40.9 Å². The Labute approximate surface area is 399 Å². The molecule has 0 aliphatic heterocycles. The molecule has 1 aliphatic rings. The quantitative estimate of drug-likeness (QED) is 0.0406. The Bertz CT molecular complexity index is 1800. The molecule has 0 atom stereocenters. The molecule has 0 saturated carbocycles. The number of phenols is 8. The van der Waals surface area contributed by atoms with Gasteiger partial charge in [0.15, 0.2) is 0 Å². The highest BCUT2D eigenvalue weighted by molar-refractivity contribution is 6.35. The molecular weight excluding hydrogens is 894 g/mol. The summed E-state index contributed by atoms with van der Waals surface area (Å²) in [6, 6.07) is 6.73. The van der Waals surface area contributed by atoms with Crippen LogP contribution < -0.4 is 0 Å². The van der Waals surface area contributed by atoms with E-state index in [9.17, 15) is 40.9 Å². The standard InChI is InChI=1S/C52H68Cl4O8/c1-5-9-13-17-21-29-33-25-35(47(59)41(53)45(33)57)30(22-18-14-10-6-2)37-27-39(51(63)43(55)49(37)61)32(24-20-16-12-8-4)40-28-38(50(62)44(56)52(40)64)31(23-19-15-11-7-3)36-26-34(29)46(58)42(54)48(36)60/h25-32,57-64H,5-24H2,1-4H3. The highest BCUT2D eigenvalue weighted by Crippen LogP contribution is 2.57. The average Bonchev–Trinajstić information content (AvgIpc) is 3.28. The van der Waals surface area contributed by atoms with Gasteiger partial charge in [-0.15, -0.1) is 0 Å². The molecule has 64 heavy (non-hydrogen) atoms. The van der Waals surface area contributed by atoms with E-state index in [1.165, 1.54) is 0 Å². The van der Waals surface area contributed by atoms with Crippen LogP contribution in [0, 0.1) is 0 Å². The summed E-state index contributed by atoms with van der Waals surface area (Å²) in [5.74, 6) is -6.17. The third-order valence-electron chi connectivity index (χ3n) is 13.5. The molecule has 8 N–H and O–H groups in total. The normalized spacial score (nSPS) is 17.2. The van der Waals surface area contributed by atoms with Gasteiger partial charge in [0.2, 0.25) is 0 Å². The number of halogens is 4. The highest BCUT2D eigenvalue weighted by Gasteiger charge is 2.36. The van der Waals surface area contributed by atoms with Gasteiger partial charge in [-0.2, -0.15) is 0 Å². The molecule has 8 nitrogen and oxygen atoms in total. The summed E-state index contributed by atoms with van der Waals surface area (Å²) >= 11 is 27.8. The topological polar surface area (TPSA) is 162 Å². The fourth-order valence-electron chi connectivity index (χ4n) is 9.82. The van der Waals surface area contributed by atoms with E-state index in [-0.39, 0.29) is 66.1 Å². The van der Waals surface area contributed by atoms with Crippen molar-refractivity contribution in [1.29, 1.82) is 0 Å². The van der Waals surface area contributed by atoms with Crippen LogP contribution in [0.3, 0.4) is 0 Å². The maximum Gasteiger partial charge on any atom is 0.141 e. The lowest BCUT2D eigenvalue weighted by atomic mass is 9.76. The number of hydrogen-bond acceptors (Lipinski definition) is 8. The van der Waals surface area contributed by atoms with Crippen LogP contribution in [0.2, 0.25) is 20.1 Å². The van der Waals surface area contributed by atoms with E-state index in [2.05, 4.69) is 27.7 Å². The minimum absolute atomic E-state index is 0.304. The third-order valence-corrected chi connectivity index (χ3v) is 14.9. The van der Waals surface area contributed by atoms with E-state index in [0.29, 0.717) is 95.9 Å². The van der Waals surface area contributed by atoms with E-state index in [1.807, 2.05) is 0 Å². The molecule has 0 aromatic heterocycles. The summed E-state index contributed by atoms with van der Waals surface area (Å²) in [7, 11) is 0. The molecule has 1 aliphatic carbocycles. The molecule has 0 radical (unpaired) electrons. The van der Waals surface area contributed by atoms with E-state index < -0.39 is 23.7 Å². The number of aromatic hydroxyl groups is 8. The van der Waals surface area contributed by atoms with Crippen molar-refractivity contribution in [3.63, 3.8) is 0 Å². The van der Waals surface area contributed by atoms with Crippen LogP contribution in [0.25, 0.3) is 0 Å². The second-order valence-electron chi connectivity index (χ2n) is 17.9. The Morgan fingerprint density at radius 2 is 0.438 bits per heavy atom. The van der Waals surface area contributed by atoms with Crippen molar-refractivity contribution in [3.05, 3.63) is 88.9 Å². The summed E-state index contributed by atoms with van der Waals surface area (Å²) in [5.41, 5.74) is 2.43. The van der Waals surface area contributed by atoms with Crippen molar-refractivity contribution in [1.82, 2.24) is 0 Å². The fourth-order valence-corrected chi connectivity index (χ4v) is 10.7. The SMILES string of the molecule is CCCCCCC1c2cc(c(O)c(Cl)c2O)C(CCCCCC)c2cc(c(O)c(Cl)c2O)C(CCCCCC)c2cc(c(O)c(Cl)c2O)C(CCCCCC)c2cc1c(O)c(Cl)c2O. The van der Waals surface area contributed by atoms with Crippen molar-refractivity contribution in [2.45, 2.75) is 180 Å². The molecule has 0 heterocycles. The van der Waals surface area contributed by atoms with E-state index in [1.54, 1.807) is 24.3 Å². The van der Waals surface area contributed by atoms with Gasteiger partial charge in [-0.05, 0) is 49.9 Å². The first-order valence-electron chi connectivity index (χ1n) is 23.6. The zero-order valence-corrected chi connectivity index (χ0v) is 40.9. The van der Waals surface area contributed by atoms with Gasteiger partial charge >= 0.3 is 0 Å². The fraction of sp³-hybridized carbons (Fsp3) is 0.538. The number of phenolic OH excluding ortho intramolecular Hbond substituents is 8. The van der Waals surface area contributed by atoms with E-state index in [0.717, 1.165) is 77.0 Å². The number of unbranched alkanes of at least 4 members (excludes halogenated alkanes) is 12. The Kier molecular flexibility index (Phi) is 19.1. The Morgan fingerprint density at radius 1 is 0.281 bits per heavy atom. The van der Waals surface area contributed by atoms with Crippen LogP contribution in [0.1, 0.15) is 224 Å². The Morgan fingerprint density at radius 3 is 0.578 bits per heavy atom.